The lowest BCUT2D eigenvalue weighted by Gasteiger charge is -2.24. The first kappa shape index (κ1) is 30.0. The monoisotopic (exact) mass is 581 g/mol. The minimum absolute atomic E-state index is 0.0770. The van der Waals surface area contributed by atoms with E-state index in [1.165, 1.54) is 24.0 Å². The maximum Gasteiger partial charge on any atom is 0.544 e. The van der Waals surface area contributed by atoms with Gasteiger partial charge in [-0.25, -0.2) is 18.9 Å². The molecule has 0 amide bonds. The number of rotatable bonds is 10. The third-order valence-corrected chi connectivity index (χ3v) is 7.95. The zero-order chi connectivity index (χ0) is 29.3. The average molecular weight is 582 g/mol. The molecule has 5 N–H and O–H groups in total. The number of aromatic nitrogens is 4. The highest BCUT2D eigenvalue weighted by atomic mass is 31.2. The highest BCUT2D eigenvalue weighted by molar-refractivity contribution is 7.58. The fourth-order valence-corrected chi connectivity index (χ4v) is 5.61. The molecule has 40 heavy (non-hydrogen) atoms. The molecule has 2 aromatic heterocycles. The van der Waals surface area contributed by atoms with Gasteiger partial charge in [-0.1, -0.05) is 18.2 Å². The lowest BCUT2D eigenvalue weighted by Crippen LogP contribution is -2.41. The molecule has 0 radical (unpaired) electrons. The second kappa shape index (κ2) is 11.5. The van der Waals surface area contributed by atoms with Gasteiger partial charge in [0.25, 0.3) is 0 Å². The van der Waals surface area contributed by atoms with Crippen molar-refractivity contribution in [3.63, 3.8) is 0 Å². The van der Waals surface area contributed by atoms with Gasteiger partial charge in [-0.05, 0) is 46.8 Å². The Labute approximate surface area is 231 Å². The van der Waals surface area contributed by atoms with E-state index < -0.39 is 56.1 Å². The Hall–Kier alpha value is -3.00. The van der Waals surface area contributed by atoms with Crippen molar-refractivity contribution in [1.29, 1.82) is 0 Å². The number of aliphatic hydroxyl groups is 1. The van der Waals surface area contributed by atoms with Crippen LogP contribution in [0, 0.1) is 5.41 Å². The highest BCUT2D eigenvalue weighted by Crippen LogP contribution is 2.54. The van der Waals surface area contributed by atoms with Crippen molar-refractivity contribution < 1.29 is 37.7 Å². The first-order chi connectivity index (χ1) is 18.7. The van der Waals surface area contributed by atoms with Crippen LogP contribution in [0.2, 0.25) is 0 Å². The van der Waals surface area contributed by atoms with Crippen LogP contribution in [0.5, 0.6) is 5.75 Å². The molecular weight excluding hydrogens is 546 g/mol. The molecular formula is C25H35FN6O7P+. The van der Waals surface area contributed by atoms with Crippen LogP contribution in [0.25, 0.3) is 5.65 Å². The fraction of sp³-hybridized carbons (Fsp3) is 0.520. The highest BCUT2D eigenvalue weighted by Gasteiger charge is 2.57. The summed E-state index contributed by atoms with van der Waals surface area (Å²) in [5.74, 6) is -0.0153. The van der Waals surface area contributed by atoms with Crippen LogP contribution in [-0.2, 0) is 18.8 Å². The van der Waals surface area contributed by atoms with Gasteiger partial charge in [-0.15, -0.1) is 5.09 Å². The van der Waals surface area contributed by atoms with E-state index in [-0.39, 0.29) is 23.8 Å². The number of carbonyl (C=O) groups excluding carboxylic acids is 1. The summed E-state index contributed by atoms with van der Waals surface area (Å²) in [5, 5.41) is 17.8. The van der Waals surface area contributed by atoms with E-state index in [4.69, 9.17) is 24.3 Å². The number of fused-ring (bicyclic) bond motifs is 1. The molecule has 0 bridgehead atoms. The predicted molar refractivity (Wildman–Crippen MR) is 144 cm³/mol. The number of hydrogen-bond donors (Lipinski definition) is 4. The topological polar surface area (TPSA) is 176 Å². The Morgan fingerprint density at radius 1 is 1.32 bits per heavy atom. The molecule has 1 aromatic carbocycles. The van der Waals surface area contributed by atoms with Crippen LogP contribution < -0.4 is 15.3 Å². The van der Waals surface area contributed by atoms with Crippen LogP contribution in [0.15, 0.2) is 42.9 Å². The summed E-state index contributed by atoms with van der Waals surface area (Å²) >= 11 is 0. The van der Waals surface area contributed by atoms with Gasteiger partial charge in [0.2, 0.25) is 0 Å². The molecule has 3 heterocycles. The maximum atomic E-state index is 15.9. The molecule has 1 fully saturated rings. The Balaban J connectivity index is 1.49. The number of nitrogens with zero attached hydrogens (tertiary/aromatic N) is 4. The van der Waals surface area contributed by atoms with Gasteiger partial charge in [-0.3, -0.25) is 9.32 Å². The van der Waals surface area contributed by atoms with E-state index >= 15 is 4.39 Å². The summed E-state index contributed by atoms with van der Waals surface area (Å²) in [6, 6.07) is 7.84. The predicted octanol–water partition coefficient (Wildman–Crippen LogP) is 2.57. The van der Waals surface area contributed by atoms with E-state index in [0.29, 0.717) is 5.75 Å². The molecule has 13 nitrogen and oxygen atoms in total. The first-order valence-electron chi connectivity index (χ1n) is 12.6. The van der Waals surface area contributed by atoms with Crippen LogP contribution in [0.3, 0.4) is 0 Å². The third-order valence-electron chi connectivity index (χ3n) is 6.23. The van der Waals surface area contributed by atoms with Gasteiger partial charge >= 0.3 is 14.1 Å². The summed E-state index contributed by atoms with van der Waals surface area (Å²) < 4.78 is 39.9. The van der Waals surface area contributed by atoms with Crippen molar-refractivity contribution in [2.24, 2.45) is 5.41 Å². The summed E-state index contributed by atoms with van der Waals surface area (Å²) in [6.45, 7) is 7.53. The van der Waals surface area contributed by atoms with Gasteiger partial charge < -0.3 is 20.3 Å². The number of imidazole rings is 1. The molecule has 218 valence electrons. The number of alkyl halides is 1. The number of benzene rings is 1. The number of anilines is 1. The number of aliphatic hydroxyl groups excluding tert-OH is 1. The molecule has 1 aliphatic heterocycles. The molecule has 0 spiro atoms. The lowest BCUT2D eigenvalue weighted by atomic mass is 9.93. The fourth-order valence-electron chi connectivity index (χ4n) is 4.04. The van der Waals surface area contributed by atoms with Gasteiger partial charge in [-0.2, -0.15) is 14.5 Å². The minimum Gasteiger partial charge on any atom is -0.463 e. The zero-order valence-electron chi connectivity index (χ0n) is 22.9. The first-order valence-corrected chi connectivity index (χ1v) is 14.2. The smallest absolute Gasteiger partial charge is 0.463 e. The summed E-state index contributed by atoms with van der Waals surface area (Å²) in [6.07, 6.45) is -1.58. The van der Waals surface area contributed by atoms with Crippen molar-refractivity contribution in [3.8, 4) is 5.75 Å². The number of esters is 1. The zero-order valence-corrected chi connectivity index (χ0v) is 23.8. The minimum atomic E-state index is -3.90. The molecule has 1 saturated heterocycles. The molecule has 1 aliphatic rings. The largest absolute Gasteiger partial charge is 0.544 e. The number of nitrogen functional groups attached to an aromatic ring is 1. The maximum absolute atomic E-state index is 15.9. The third kappa shape index (κ3) is 6.48. The van der Waals surface area contributed by atoms with Gasteiger partial charge in [0, 0.05) is 0 Å². The summed E-state index contributed by atoms with van der Waals surface area (Å²) in [5.41, 5.74) is 3.29. The number of nitrogens with two attached hydrogens (primary N) is 1. The van der Waals surface area contributed by atoms with E-state index in [2.05, 4.69) is 20.2 Å². The molecule has 0 aliphatic carbocycles. The molecule has 4 rings (SSSR count). The number of hydrogen-bond acceptors (Lipinski definition) is 12. The second-order valence-electron chi connectivity index (χ2n) is 10.8. The molecule has 3 aromatic rings. The Morgan fingerprint density at radius 3 is 2.70 bits per heavy atom. The van der Waals surface area contributed by atoms with Gasteiger partial charge in [0.15, 0.2) is 22.9 Å². The quantitative estimate of drug-likeness (QED) is 0.204. The Morgan fingerprint density at radius 2 is 2.02 bits per heavy atom. The molecule has 15 heteroatoms. The SMILES string of the molecule is C[C@@H](COC(=O)C(C)(C)C)N[P+](O)(OC[C@H]1O[C@@H](c2cnc3c(N)ncnn23)[C@](C)(F)[C@@H]1O)Oc1ccccc1. The van der Waals surface area contributed by atoms with E-state index in [9.17, 15) is 14.8 Å². The van der Waals surface area contributed by atoms with Gasteiger partial charge in [0.1, 0.15) is 37.9 Å². The average Bonchev–Trinajstić information content (AvgIpc) is 3.40. The normalized spacial score (nSPS) is 25.4. The van der Waals surface area contributed by atoms with Crippen molar-refractivity contribution in [1.82, 2.24) is 24.7 Å². The number of para-hydroxylation sites is 1. The van der Waals surface area contributed by atoms with Crippen molar-refractivity contribution in [2.75, 3.05) is 18.9 Å². The molecule has 6 atom stereocenters. The Bertz CT molecular complexity index is 1320. The van der Waals surface area contributed by atoms with Crippen LogP contribution in [-0.4, -0.2) is 72.7 Å². The number of ether oxygens (including phenoxy) is 2. The van der Waals surface area contributed by atoms with Crippen LogP contribution in [0.4, 0.5) is 10.2 Å². The second-order valence-corrected chi connectivity index (χ2v) is 12.6. The molecule has 1 unspecified atom stereocenters. The number of carbonyl (C=O) groups is 1. The van der Waals surface area contributed by atoms with Gasteiger partial charge in [0.05, 0.1) is 23.3 Å². The van der Waals surface area contributed by atoms with Crippen LogP contribution in [0.1, 0.15) is 46.4 Å². The summed E-state index contributed by atoms with van der Waals surface area (Å²) in [7, 11) is -3.90. The van der Waals surface area contributed by atoms with Crippen molar-refractivity contribution >= 4 is 25.5 Å². The number of halogens is 1. The Kier molecular flexibility index (Phi) is 8.60. The van der Waals surface area contributed by atoms with E-state index in [0.717, 1.165) is 0 Å². The van der Waals surface area contributed by atoms with E-state index in [1.807, 2.05) is 0 Å². The summed E-state index contributed by atoms with van der Waals surface area (Å²) in [4.78, 5) is 31.6. The molecule has 0 saturated carbocycles. The van der Waals surface area contributed by atoms with Crippen molar-refractivity contribution in [2.45, 2.75) is 64.6 Å². The number of nitrogens with one attached hydrogen (secondary N) is 1. The lowest BCUT2D eigenvalue weighted by molar-refractivity contribution is -0.153. The standard InChI is InChI=1S/C25H35FN6O7P/c1-15(12-36-23(34)24(2,3)4)31-40(35,39-16-9-7-6-8-10-16)37-13-18-19(33)25(5,26)20(38-18)17-11-28-22-21(27)29-14-30-32(17)22/h6-11,14-15,18-20,31,33,35H,12-13H2,1-5H3,(H2,27,29,30)/q+1/t15-,18+,19+,20-,25+,40?/m0/s1. The van der Waals surface area contributed by atoms with Crippen molar-refractivity contribution in [3.05, 3.63) is 48.5 Å². The van der Waals surface area contributed by atoms with E-state index in [1.54, 1.807) is 58.0 Å². The van der Waals surface area contributed by atoms with Crippen LogP contribution >= 0.6 is 8.09 Å².